The molecule has 1 heterocycles. The molecule has 0 atom stereocenters. The third-order valence-corrected chi connectivity index (χ3v) is 3.23. The molecule has 2 rings (SSSR count). The molecular weight excluding hydrogens is 344 g/mol. The molecule has 1 N–H and O–H groups in total. The van der Waals surface area contributed by atoms with Crippen LogP contribution in [0.1, 0.15) is 16.1 Å². The summed E-state index contributed by atoms with van der Waals surface area (Å²) in [7, 11) is 0. The highest BCUT2D eigenvalue weighted by Crippen LogP contribution is 2.29. The van der Waals surface area contributed by atoms with Crippen LogP contribution < -0.4 is 4.74 Å². The molecule has 1 aromatic heterocycles. The molecular formula is C13H9BrN2O5. The highest BCUT2D eigenvalue weighted by molar-refractivity contribution is 9.10. The number of aromatic nitrogens is 1. The second-order valence-electron chi connectivity index (χ2n) is 4.00. The first-order valence-electron chi connectivity index (χ1n) is 5.72. The number of nitro groups is 1. The average molecular weight is 353 g/mol. The lowest BCUT2D eigenvalue weighted by Gasteiger charge is -2.07. The summed E-state index contributed by atoms with van der Waals surface area (Å²) >= 11 is 3.24. The van der Waals surface area contributed by atoms with Gasteiger partial charge in [0.15, 0.2) is 0 Å². The van der Waals surface area contributed by atoms with Crippen molar-refractivity contribution < 1.29 is 19.6 Å². The summed E-state index contributed by atoms with van der Waals surface area (Å²) in [5.41, 5.74) is 0.510. The van der Waals surface area contributed by atoms with E-state index in [1.165, 1.54) is 36.5 Å². The number of halogens is 1. The second kappa shape index (κ2) is 6.31. The van der Waals surface area contributed by atoms with E-state index in [1.807, 2.05) is 0 Å². The Hall–Kier alpha value is -2.48. The van der Waals surface area contributed by atoms with E-state index in [0.717, 1.165) is 0 Å². The number of hydrogen-bond acceptors (Lipinski definition) is 5. The molecule has 21 heavy (non-hydrogen) atoms. The normalized spacial score (nSPS) is 10.1. The van der Waals surface area contributed by atoms with Gasteiger partial charge in [-0.1, -0.05) is 0 Å². The minimum absolute atomic E-state index is 0.0691. The van der Waals surface area contributed by atoms with Crippen LogP contribution in [0.4, 0.5) is 5.69 Å². The number of carbonyl (C=O) groups is 1. The zero-order valence-corrected chi connectivity index (χ0v) is 12.1. The number of non-ortho nitro benzene ring substituents is 1. The molecule has 0 fully saturated rings. The summed E-state index contributed by atoms with van der Waals surface area (Å²) < 4.78 is 6.03. The van der Waals surface area contributed by atoms with Crippen LogP contribution in [-0.2, 0) is 6.61 Å². The number of pyridine rings is 1. The number of nitrogens with zero attached hydrogens (tertiary/aromatic N) is 2. The number of carboxylic acids is 1. The summed E-state index contributed by atoms with van der Waals surface area (Å²) in [6.45, 7) is 0.0691. The van der Waals surface area contributed by atoms with Crippen molar-refractivity contribution >= 4 is 27.6 Å². The lowest BCUT2D eigenvalue weighted by atomic mass is 10.2. The Kier molecular flexibility index (Phi) is 4.49. The van der Waals surface area contributed by atoms with Gasteiger partial charge in [-0.3, -0.25) is 15.1 Å². The molecule has 0 aliphatic heterocycles. The van der Waals surface area contributed by atoms with Gasteiger partial charge < -0.3 is 9.84 Å². The quantitative estimate of drug-likeness (QED) is 0.655. The lowest BCUT2D eigenvalue weighted by molar-refractivity contribution is -0.385. The van der Waals surface area contributed by atoms with Crippen molar-refractivity contribution in [1.82, 2.24) is 4.98 Å². The van der Waals surface area contributed by atoms with Gasteiger partial charge in [0.05, 0.1) is 26.7 Å². The molecule has 2 aromatic rings. The van der Waals surface area contributed by atoms with Gasteiger partial charge in [-0.25, -0.2) is 4.79 Å². The van der Waals surface area contributed by atoms with Gasteiger partial charge in [-0.15, -0.1) is 0 Å². The predicted molar refractivity (Wildman–Crippen MR) is 76.3 cm³/mol. The number of ether oxygens (including phenoxy) is 1. The first-order chi connectivity index (χ1) is 9.97. The highest BCUT2D eigenvalue weighted by Gasteiger charge is 2.11. The SMILES string of the molecule is O=C(O)c1ccc(COc2cc([N+](=O)[O-])ccc2Br)nc1. The van der Waals surface area contributed by atoms with Crippen LogP contribution in [-0.4, -0.2) is 21.0 Å². The minimum atomic E-state index is -1.06. The molecule has 8 heteroatoms. The number of carboxylic acid groups (broad SMARTS) is 1. The first kappa shape index (κ1) is 14.9. The Morgan fingerprint density at radius 1 is 1.38 bits per heavy atom. The zero-order chi connectivity index (χ0) is 15.4. The standard InChI is InChI=1S/C13H9BrN2O5/c14-11-4-3-10(16(19)20)5-12(11)21-7-9-2-1-8(6-15-9)13(17)18/h1-6H,7H2,(H,17,18). The van der Waals surface area contributed by atoms with Crippen molar-refractivity contribution in [3.63, 3.8) is 0 Å². The van der Waals surface area contributed by atoms with Crippen LogP contribution in [0.25, 0.3) is 0 Å². The van der Waals surface area contributed by atoms with Crippen LogP contribution in [0, 0.1) is 10.1 Å². The summed E-state index contributed by atoms with van der Waals surface area (Å²) in [5.74, 6) is -0.746. The topological polar surface area (TPSA) is 103 Å². The van der Waals surface area contributed by atoms with Crippen molar-refractivity contribution in [3.05, 3.63) is 62.4 Å². The van der Waals surface area contributed by atoms with Gasteiger partial charge in [0, 0.05) is 12.3 Å². The summed E-state index contributed by atoms with van der Waals surface area (Å²) in [6.07, 6.45) is 1.23. The Labute approximate surface area is 127 Å². The lowest BCUT2D eigenvalue weighted by Crippen LogP contribution is -2.02. The summed E-state index contributed by atoms with van der Waals surface area (Å²) in [5, 5.41) is 19.5. The highest BCUT2D eigenvalue weighted by atomic mass is 79.9. The smallest absolute Gasteiger partial charge is 0.337 e. The largest absolute Gasteiger partial charge is 0.486 e. The summed E-state index contributed by atoms with van der Waals surface area (Å²) in [6, 6.07) is 7.12. The molecule has 0 unspecified atom stereocenters. The zero-order valence-electron chi connectivity index (χ0n) is 10.5. The van der Waals surface area contributed by atoms with Crippen LogP contribution >= 0.6 is 15.9 Å². The maximum atomic E-state index is 10.7. The van der Waals surface area contributed by atoms with Gasteiger partial charge in [-0.2, -0.15) is 0 Å². The Bertz CT molecular complexity index is 687. The molecule has 0 radical (unpaired) electrons. The number of hydrogen-bond donors (Lipinski definition) is 1. The molecule has 0 spiro atoms. The fraction of sp³-hybridized carbons (Fsp3) is 0.0769. The van der Waals surface area contributed by atoms with E-state index >= 15 is 0 Å². The summed E-state index contributed by atoms with van der Waals surface area (Å²) in [4.78, 5) is 24.8. The minimum Gasteiger partial charge on any atom is -0.486 e. The molecule has 108 valence electrons. The third kappa shape index (κ3) is 3.76. The Morgan fingerprint density at radius 3 is 2.71 bits per heavy atom. The molecule has 0 bridgehead atoms. The third-order valence-electron chi connectivity index (χ3n) is 2.57. The van der Waals surface area contributed by atoms with E-state index < -0.39 is 10.9 Å². The van der Waals surface area contributed by atoms with E-state index in [0.29, 0.717) is 15.9 Å². The number of rotatable bonds is 5. The number of aromatic carboxylic acids is 1. The van der Waals surface area contributed by atoms with E-state index in [-0.39, 0.29) is 17.9 Å². The second-order valence-corrected chi connectivity index (χ2v) is 4.86. The molecule has 0 aliphatic carbocycles. The molecule has 0 saturated carbocycles. The van der Waals surface area contributed by atoms with E-state index in [4.69, 9.17) is 9.84 Å². The van der Waals surface area contributed by atoms with Crippen molar-refractivity contribution in [2.75, 3.05) is 0 Å². The fourth-order valence-corrected chi connectivity index (χ4v) is 1.87. The van der Waals surface area contributed by atoms with Gasteiger partial charge in [0.1, 0.15) is 12.4 Å². The number of benzene rings is 1. The molecule has 0 aliphatic rings. The van der Waals surface area contributed by atoms with Crippen LogP contribution in [0.3, 0.4) is 0 Å². The molecule has 1 aromatic carbocycles. The van der Waals surface area contributed by atoms with Crippen molar-refractivity contribution in [3.8, 4) is 5.75 Å². The van der Waals surface area contributed by atoms with E-state index in [2.05, 4.69) is 20.9 Å². The first-order valence-corrected chi connectivity index (χ1v) is 6.51. The maximum absolute atomic E-state index is 10.7. The Morgan fingerprint density at radius 2 is 2.14 bits per heavy atom. The Balaban J connectivity index is 2.10. The van der Waals surface area contributed by atoms with Gasteiger partial charge in [0.25, 0.3) is 5.69 Å². The van der Waals surface area contributed by atoms with E-state index in [9.17, 15) is 14.9 Å². The van der Waals surface area contributed by atoms with Gasteiger partial charge >= 0.3 is 5.97 Å². The van der Waals surface area contributed by atoms with Gasteiger partial charge in [0.2, 0.25) is 0 Å². The molecule has 7 nitrogen and oxygen atoms in total. The average Bonchev–Trinajstić information content (AvgIpc) is 2.46. The number of nitro benzene ring substituents is 1. The van der Waals surface area contributed by atoms with Crippen LogP contribution in [0.15, 0.2) is 41.0 Å². The van der Waals surface area contributed by atoms with Crippen molar-refractivity contribution in [2.45, 2.75) is 6.61 Å². The molecule has 0 amide bonds. The fourth-order valence-electron chi connectivity index (χ4n) is 1.50. The predicted octanol–water partition coefficient (Wildman–Crippen LogP) is 3.03. The van der Waals surface area contributed by atoms with Crippen molar-refractivity contribution in [2.24, 2.45) is 0 Å². The maximum Gasteiger partial charge on any atom is 0.337 e. The van der Waals surface area contributed by atoms with Crippen molar-refractivity contribution in [1.29, 1.82) is 0 Å². The van der Waals surface area contributed by atoms with Crippen LogP contribution in [0.5, 0.6) is 5.75 Å². The monoisotopic (exact) mass is 352 g/mol. The van der Waals surface area contributed by atoms with Crippen LogP contribution in [0.2, 0.25) is 0 Å². The van der Waals surface area contributed by atoms with Gasteiger partial charge in [-0.05, 0) is 34.1 Å². The molecule has 0 saturated heterocycles. The van der Waals surface area contributed by atoms with E-state index in [1.54, 1.807) is 0 Å².